The van der Waals surface area contributed by atoms with Crippen LogP contribution in [0, 0.1) is 5.82 Å². The first-order chi connectivity index (χ1) is 16.9. The van der Waals surface area contributed by atoms with E-state index in [1.807, 2.05) is 6.92 Å². The number of thioether (sulfide) groups is 1. The van der Waals surface area contributed by atoms with Crippen molar-refractivity contribution >= 4 is 52.5 Å². The Kier molecular flexibility index (Phi) is 7.53. The lowest BCUT2D eigenvalue weighted by molar-refractivity contribution is -0.120. The van der Waals surface area contributed by atoms with E-state index in [1.54, 1.807) is 42.5 Å². The molecule has 0 radical (unpaired) electrons. The standard InChI is InChI=1S/C26H20ClFN2O4S/c1-2-15-34-26(33)18-7-3-6-10-21(18)30-24(31)22(29-20-9-5-4-8-19(20)28)23(25(30)32)35-17-13-11-16(27)12-14-17/h3-14,29H,2,15H2,1H3. The first kappa shape index (κ1) is 24.5. The number of carbonyl (C=O) groups is 3. The largest absolute Gasteiger partial charge is 0.462 e. The first-order valence-corrected chi connectivity index (χ1v) is 11.9. The van der Waals surface area contributed by atoms with Crippen molar-refractivity contribution in [1.82, 2.24) is 0 Å². The van der Waals surface area contributed by atoms with Crippen LogP contribution in [0.5, 0.6) is 0 Å². The van der Waals surface area contributed by atoms with Gasteiger partial charge in [0.2, 0.25) is 0 Å². The molecule has 1 N–H and O–H groups in total. The summed E-state index contributed by atoms with van der Waals surface area (Å²) in [6.45, 7) is 2.06. The third-order valence-electron chi connectivity index (χ3n) is 5.01. The quantitative estimate of drug-likeness (QED) is 0.294. The van der Waals surface area contributed by atoms with E-state index in [2.05, 4.69) is 5.32 Å². The minimum atomic E-state index is -0.717. The number of halogens is 2. The summed E-state index contributed by atoms with van der Waals surface area (Å²) in [5, 5.41) is 3.30. The molecule has 35 heavy (non-hydrogen) atoms. The van der Waals surface area contributed by atoms with Crippen molar-refractivity contribution in [3.8, 4) is 0 Å². The maximum Gasteiger partial charge on any atom is 0.340 e. The van der Waals surface area contributed by atoms with Gasteiger partial charge < -0.3 is 10.1 Å². The molecule has 0 saturated carbocycles. The molecule has 0 aromatic heterocycles. The van der Waals surface area contributed by atoms with E-state index >= 15 is 0 Å². The number of imide groups is 1. The number of hydrogen-bond acceptors (Lipinski definition) is 6. The van der Waals surface area contributed by atoms with Crippen LogP contribution in [0.2, 0.25) is 5.02 Å². The number of nitrogens with one attached hydrogen (secondary N) is 1. The second-order valence-electron chi connectivity index (χ2n) is 7.46. The minimum absolute atomic E-state index is 0.0374. The summed E-state index contributed by atoms with van der Waals surface area (Å²) in [4.78, 5) is 41.4. The average molecular weight is 511 g/mol. The molecule has 0 bridgehead atoms. The third kappa shape index (κ3) is 5.23. The summed E-state index contributed by atoms with van der Waals surface area (Å²) in [7, 11) is 0. The Balaban J connectivity index is 1.76. The van der Waals surface area contributed by atoms with Crippen LogP contribution in [0.1, 0.15) is 23.7 Å². The highest BCUT2D eigenvalue weighted by Gasteiger charge is 2.42. The summed E-state index contributed by atoms with van der Waals surface area (Å²) in [6, 6.07) is 18.8. The summed E-state index contributed by atoms with van der Waals surface area (Å²) in [5.41, 5.74) is 0.0981. The number of carbonyl (C=O) groups excluding carboxylic acids is 3. The lowest BCUT2D eigenvalue weighted by atomic mass is 10.1. The van der Waals surface area contributed by atoms with Crippen LogP contribution >= 0.6 is 23.4 Å². The Morgan fingerprint density at radius 3 is 2.40 bits per heavy atom. The SMILES string of the molecule is CCCOC(=O)c1ccccc1N1C(=O)C(Nc2ccccc2F)=C(Sc2ccc(Cl)cc2)C1=O. The normalized spacial score (nSPS) is 13.4. The number of ether oxygens (including phenoxy) is 1. The van der Waals surface area contributed by atoms with Crippen LogP contribution in [-0.2, 0) is 14.3 Å². The van der Waals surface area contributed by atoms with Gasteiger partial charge in [-0.25, -0.2) is 14.1 Å². The van der Waals surface area contributed by atoms with Gasteiger partial charge in [-0.3, -0.25) is 9.59 Å². The Morgan fingerprint density at radius 2 is 1.69 bits per heavy atom. The Hall–Kier alpha value is -3.62. The molecule has 3 aromatic rings. The van der Waals surface area contributed by atoms with Gasteiger partial charge in [0, 0.05) is 9.92 Å². The van der Waals surface area contributed by atoms with Gasteiger partial charge in [0.05, 0.1) is 23.5 Å². The molecule has 178 valence electrons. The minimum Gasteiger partial charge on any atom is -0.462 e. The highest BCUT2D eigenvalue weighted by Crippen LogP contribution is 2.39. The van der Waals surface area contributed by atoms with Gasteiger partial charge in [-0.2, -0.15) is 0 Å². The zero-order valence-corrected chi connectivity index (χ0v) is 20.2. The number of hydrogen-bond donors (Lipinski definition) is 1. The van der Waals surface area contributed by atoms with Crippen molar-refractivity contribution in [1.29, 1.82) is 0 Å². The van der Waals surface area contributed by atoms with Crippen LogP contribution < -0.4 is 10.2 Å². The first-order valence-electron chi connectivity index (χ1n) is 10.7. The molecule has 3 aromatic carbocycles. The van der Waals surface area contributed by atoms with Gasteiger partial charge in [-0.15, -0.1) is 0 Å². The molecule has 9 heteroatoms. The molecule has 1 aliphatic heterocycles. The van der Waals surface area contributed by atoms with E-state index in [-0.39, 0.29) is 34.1 Å². The maximum absolute atomic E-state index is 14.4. The van der Waals surface area contributed by atoms with Gasteiger partial charge in [-0.1, -0.05) is 54.6 Å². The zero-order valence-electron chi connectivity index (χ0n) is 18.6. The van der Waals surface area contributed by atoms with Crippen LogP contribution in [0.25, 0.3) is 0 Å². The fraction of sp³-hybridized carbons (Fsp3) is 0.115. The van der Waals surface area contributed by atoms with E-state index in [0.717, 1.165) is 16.7 Å². The van der Waals surface area contributed by atoms with Crippen molar-refractivity contribution in [3.05, 3.63) is 99.8 Å². The molecule has 0 spiro atoms. The number of para-hydroxylation sites is 2. The summed E-state index contributed by atoms with van der Waals surface area (Å²) in [5.74, 6) is -2.60. The van der Waals surface area contributed by atoms with Crippen LogP contribution in [0.15, 0.2) is 88.3 Å². The Labute approximate surface area is 210 Å². The smallest absolute Gasteiger partial charge is 0.340 e. The number of anilines is 2. The topological polar surface area (TPSA) is 75.7 Å². The van der Waals surface area contributed by atoms with Gasteiger partial charge in [0.1, 0.15) is 16.4 Å². The predicted molar refractivity (Wildman–Crippen MR) is 134 cm³/mol. The molecule has 4 rings (SSSR count). The van der Waals surface area contributed by atoms with Crippen molar-refractivity contribution in [2.75, 3.05) is 16.8 Å². The second kappa shape index (κ2) is 10.8. The van der Waals surface area contributed by atoms with E-state index in [9.17, 15) is 18.8 Å². The number of rotatable bonds is 8. The van der Waals surface area contributed by atoms with E-state index in [0.29, 0.717) is 16.3 Å². The summed E-state index contributed by atoms with van der Waals surface area (Å²) >= 11 is 7.01. The number of esters is 1. The second-order valence-corrected chi connectivity index (χ2v) is 8.98. The summed E-state index contributed by atoms with van der Waals surface area (Å²) < 4.78 is 19.6. The van der Waals surface area contributed by atoms with Gasteiger partial charge in [0.25, 0.3) is 11.8 Å². The van der Waals surface area contributed by atoms with Crippen LogP contribution in [-0.4, -0.2) is 24.4 Å². The van der Waals surface area contributed by atoms with Crippen molar-refractivity contribution in [3.63, 3.8) is 0 Å². The van der Waals surface area contributed by atoms with Crippen molar-refractivity contribution in [2.45, 2.75) is 18.2 Å². The molecule has 6 nitrogen and oxygen atoms in total. The van der Waals surface area contributed by atoms with Gasteiger partial charge in [0.15, 0.2) is 0 Å². The van der Waals surface area contributed by atoms with Crippen LogP contribution in [0.3, 0.4) is 0 Å². The molecule has 0 fully saturated rings. The Bertz CT molecular complexity index is 1330. The molecular weight excluding hydrogens is 491 g/mol. The number of nitrogens with zero attached hydrogens (tertiary/aromatic N) is 1. The van der Waals surface area contributed by atoms with E-state index in [4.69, 9.17) is 16.3 Å². The fourth-order valence-corrected chi connectivity index (χ4v) is 4.42. The summed E-state index contributed by atoms with van der Waals surface area (Å²) in [6.07, 6.45) is 0.621. The lowest BCUT2D eigenvalue weighted by Gasteiger charge is -2.18. The Morgan fingerprint density at radius 1 is 1.00 bits per heavy atom. The van der Waals surface area contributed by atoms with Crippen LogP contribution in [0.4, 0.5) is 15.8 Å². The molecule has 1 heterocycles. The molecule has 0 atom stereocenters. The molecule has 1 aliphatic rings. The van der Waals surface area contributed by atoms with E-state index < -0.39 is 23.6 Å². The van der Waals surface area contributed by atoms with Gasteiger partial charge >= 0.3 is 5.97 Å². The lowest BCUT2D eigenvalue weighted by Crippen LogP contribution is -2.33. The molecule has 0 saturated heterocycles. The zero-order chi connectivity index (χ0) is 24.9. The highest BCUT2D eigenvalue weighted by molar-refractivity contribution is 8.04. The van der Waals surface area contributed by atoms with E-state index in [1.165, 1.54) is 30.3 Å². The molecular formula is C26H20ClFN2O4S. The van der Waals surface area contributed by atoms with Crippen molar-refractivity contribution in [2.24, 2.45) is 0 Å². The molecule has 0 aliphatic carbocycles. The molecule has 2 amide bonds. The number of benzene rings is 3. The van der Waals surface area contributed by atoms with Gasteiger partial charge in [-0.05, 0) is 55.0 Å². The highest BCUT2D eigenvalue weighted by atomic mass is 35.5. The third-order valence-corrected chi connectivity index (χ3v) is 6.35. The predicted octanol–water partition coefficient (Wildman–Crippen LogP) is 6.04. The maximum atomic E-state index is 14.4. The number of amides is 2. The average Bonchev–Trinajstić information content (AvgIpc) is 3.09. The monoisotopic (exact) mass is 510 g/mol. The van der Waals surface area contributed by atoms with Crippen molar-refractivity contribution < 1.29 is 23.5 Å². The molecule has 0 unspecified atom stereocenters. The fourth-order valence-electron chi connectivity index (χ4n) is 3.36.